The van der Waals surface area contributed by atoms with Crippen molar-refractivity contribution in [1.82, 2.24) is 10.2 Å². The lowest BCUT2D eigenvalue weighted by atomic mass is 9.85. The summed E-state index contributed by atoms with van der Waals surface area (Å²) in [5.74, 6) is -0.504. The number of nitrogens with zero attached hydrogens (tertiary/aromatic N) is 1. The molecule has 0 unspecified atom stereocenters. The minimum Gasteiger partial charge on any atom is -0.352 e. The molecule has 5 nitrogen and oxygen atoms in total. The molecule has 3 aliphatic carbocycles. The van der Waals surface area contributed by atoms with E-state index in [9.17, 15) is 14.4 Å². The van der Waals surface area contributed by atoms with Crippen LogP contribution >= 0.6 is 0 Å². The second-order valence-electron chi connectivity index (χ2n) is 7.57. The van der Waals surface area contributed by atoms with Crippen molar-refractivity contribution in [1.29, 1.82) is 0 Å². The number of imide groups is 1. The Balaban J connectivity index is 1.46. The molecule has 4 rings (SSSR count). The van der Waals surface area contributed by atoms with Crippen LogP contribution in [0.5, 0.6) is 0 Å². The van der Waals surface area contributed by atoms with Crippen LogP contribution in [0.3, 0.4) is 0 Å². The zero-order valence-electron chi connectivity index (χ0n) is 13.5. The van der Waals surface area contributed by atoms with Crippen molar-refractivity contribution >= 4 is 17.7 Å². The summed E-state index contributed by atoms with van der Waals surface area (Å²) in [5.41, 5.74) is 0. The number of nitrogens with one attached hydrogen (secondary N) is 1. The molecule has 1 heterocycles. The average molecular weight is 316 g/mol. The van der Waals surface area contributed by atoms with Crippen LogP contribution in [0, 0.1) is 23.7 Å². The molecule has 0 aromatic carbocycles. The Morgan fingerprint density at radius 2 is 1.65 bits per heavy atom. The molecule has 3 fully saturated rings. The van der Waals surface area contributed by atoms with Crippen LogP contribution < -0.4 is 5.32 Å². The normalized spacial score (nSPS) is 37.3. The third-order valence-electron chi connectivity index (χ3n) is 6.22. The van der Waals surface area contributed by atoms with Crippen LogP contribution in [0.15, 0.2) is 12.2 Å². The number of fused-ring (bicyclic) bond motifs is 5. The number of carbonyl (C=O) groups is 3. The van der Waals surface area contributed by atoms with E-state index in [1.807, 2.05) is 0 Å². The number of hydrogen-bond acceptors (Lipinski definition) is 3. The Bertz CT molecular complexity index is 549. The monoisotopic (exact) mass is 316 g/mol. The largest absolute Gasteiger partial charge is 0.352 e. The molecular formula is C18H24N2O3. The molecule has 5 atom stereocenters. The molecule has 2 saturated carbocycles. The highest BCUT2D eigenvalue weighted by Gasteiger charge is 2.60. The summed E-state index contributed by atoms with van der Waals surface area (Å²) in [6, 6.07) is -0.495. The van der Waals surface area contributed by atoms with Crippen LogP contribution in [-0.2, 0) is 14.4 Å². The smallest absolute Gasteiger partial charge is 0.243 e. The zero-order chi connectivity index (χ0) is 16.1. The molecule has 1 N–H and O–H groups in total. The molecule has 2 bridgehead atoms. The molecule has 1 aliphatic heterocycles. The molecule has 0 aromatic heterocycles. The van der Waals surface area contributed by atoms with Crippen molar-refractivity contribution in [2.75, 3.05) is 0 Å². The highest BCUT2D eigenvalue weighted by atomic mass is 16.2. The third kappa shape index (κ3) is 2.24. The molecule has 1 saturated heterocycles. The fraction of sp³-hybridized carbons (Fsp3) is 0.722. The summed E-state index contributed by atoms with van der Waals surface area (Å²) < 4.78 is 0. The van der Waals surface area contributed by atoms with Gasteiger partial charge in [-0.25, -0.2) is 0 Å². The van der Waals surface area contributed by atoms with Gasteiger partial charge in [-0.1, -0.05) is 31.4 Å². The van der Waals surface area contributed by atoms with E-state index in [0.29, 0.717) is 0 Å². The topological polar surface area (TPSA) is 66.5 Å². The van der Waals surface area contributed by atoms with Gasteiger partial charge in [0.15, 0.2) is 0 Å². The van der Waals surface area contributed by atoms with Crippen LogP contribution in [0.25, 0.3) is 0 Å². The maximum absolute atomic E-state index is 12.7. The van der Waals surface area contributed by atoms with Crippen LogP contribution in [0.2, 0.25) is 0 Å². The van der Waals surface area contributed by atoms with Crippen molar-refractivity contribution in [3.05, 3.63) is 12.2 Å². The van der Waals surface area contributed by atoms with Gasteiger partial charge < -0.3 is 5.32 Å². The Morgan fingerprint density at radius 1 is 1.09 bits per heavy atom. The van der Waals surface area contributed by atoms with Crippen LogP contribution in [0.1, 0.15) is 45.4 Å². The van der Waals surface area contributed by atoms with Gasteiger partial charge >= 0.3 is 0 Å². The molecular weight excluding hydrogens is 292 g/mol. The van der Waals surface area contributed by atoms with Gasteiger partial charge in [0.05, 0.1) is 11.8 Å². The van der Waals surface area contributed by atoms with E-state index in [4.69, 9.17) is 0 Å². The lowest BCUT2D eigenvalue weighted by Gasteiger charge is -2.28. The Hall–Kier alpha value is -1.65. The fourth-order valence-corrected chi connectivity index (χ4v) is 4.99. The van der Waals surface area contributed by atoms with Gasteiger partial charge in [0, 0.05) is 6.04 Å². The standard InChI is InChI=1S/C18H24N2O3/c1-10(16(21)19-13-5-3-2-4-6-13)20-17(22)14-11-7-8-12(9-11)15(14)18(20)23/h7-8,10-15H,2-6,9H2,1H3,(H,19,21)/t10-,11+,12+,14-,15+/m1/s1. The SMILES string of the molecule is C[C@H](C(=O)NC1CCCCC1)N1C(=O)[C@@H]2[C@H](C1=O)[C@H]1C=C[C@H]2C1. The van der Waals surface area contributed by atoms with Crippen molar-refractivity contribution in [2.24, 2.45) is 23.7 Å². The first-order valence-corrected chi connectivity index (χ1v) is 8.93. The van der Waals surface area contributed by atoms with Crippen molar-refractivity contribution in [3.8, 4) is 0 Å². The van der Waals surface area contributed by atoms with E-state index in [0.717, 1.165) is 32.1 Å². The summed E-state index contributed by atoms with van der Waals surface area (Å²) in [6.45, 7) is 1.68. The number of likely N-dealkylation sites (tertiary alicyclic amines) is 1. The highest BCUT2D eigenvalue weighted by molar-refractivity contribution is 6.09. The van der Waals surface area contributed by atoms with E-state index in [1.165, 1.54) is 11.3 Å². The number of hydrogen-bond donors (Lipinski definition) is 1. The zero-order valence-corrected chi connectivity index (χ0v) is 13.5. The first-order valence-electron chi connectivity index (χ1n) is 8.93. The van der Waals surface area contributed by atoms with Gasteiger partial charge in [-0.05, 0) is 38.0 Å². The van der Waals surface area contributed by atoms with E-state index in [2.05, 4.69) is 17.5 Å². The summed E-state index contributed by atoms with van der Waals surface area (Å²) in [7, 11) is 0. The maximum Gasteiger partial charge on any atom is 0.243 e. The van der Waals surface area contributed by atoms with Gasteiger partial charge in [0.25, 0.3) is 0 Å². The molecule has 5 heteroatoms. The summed E-state index contributed by atoms with van der Waals surface area (Å²) in [5, 5.41) is 3.04. The molecule has 3 amide bonds. The van der Waals surface area contributed by atoms with Crippen molar-refractivity contribution in [3.63, 3.8) is 0 Å². The van der Waals surface area contributed by atoms with E-state index in [1.54, 1.807) is 6.92 Å². The van der Waals surface area contributed by atoms with Crippen LogP contribution in [-0.4, -0.2) is 34.7 Å². The molecule has 4 aliphatic rings. The first-order chi connectivity index (χ1) is 11.1. The summed E-state index contributed by atoms with van der Waals surface area (Å²) in [6.07, 6.45) is 10.6. The molecule has 0 aromatic rings. The van der Waals surface area contributed by atoms with Gasteiger partial charge in [-0.3, -0.25) is 19.3 Å². The van der Waals surface area contributed by atoms with Gasteiger partial charge in [-0.2, -0.15) is 0 Å². The molecule has 0 spiro atoms. The molecule has 124 valence electrons. The number of amides is 3. The minimum atomic E-state index is -0.693. The van der Waals surface area contributed by atoms with E-state index in [-0.39, 0.29) is 47.4 Å². The number of allylic oxidation sites excluding steroid dienone is 2. The van der Waals surface area contributed by atoms with E-state index < -0.39 is 6.04 Å². The second kappa shape index (κ2) is 5.46. The van der Waals surface area contributed by atoms with Crippen molar-refractivity contribution < 1.29 is 14.4 Å². The number of rotatable bonds is 3. The highest BCUT2D eigenvalue weighted by Crippen LogP contribution is 2.52. The maximum atomic E-state index is 12.7. The molecule has 23 heavy (non-hydrogen) atoms. The summed E-state index contributed by atoms with van der Waals surface area (Å²) in [4.78, 5) is 39.2. The van der Waals surface area contributed by atoms with Crippen LogP contribution in [0.4, 0.5) is 0 Å². The average Bonchev–Trinajstić information content (AvgIpc) is 3.22. The number of carbonyl (C=O) groups excluding carboxylic acids is 3. The third-order valence-corrected chi connectivity index (χ3v) is 6.22. The predicted molar refractivity (Wildman–Crippen MR) is 84.0 cm³/mol. The Labute approximate surface area is 136 Å². The second-order valence-corrected chi connectivity index (χ2v) is 7.57. The molecule has 0 radical (unpaired) electrons. The van der Waals surface area contributed by atoms with E-state index >= 15 is 0 Å². The summed E-state index contributed by atoms with van der Waals surface area (Å²) >= 11 is 0. The predicted octanol–water partition coefficient (Wildman–Crippen LogP) is 1.63. The van der Waals surface area contributed by atoms with Crippen molar-refractivity contribution in [2.45, 2.75) is 57.5 Å². The minimum absolute atomic E-state index is 0.136. The van der Waals surface area contributed by atoms with Gasteiger partial charge in [-0.15, -0.1) is 0 Å². The lowest BCUT2D eigenvalue weighted by molar-refractivity contribution is -0.148. The Kier molecular flexibility index (Phi) is 3.54. The fourth-order valence-electron chi connectivity index (χ4n) is 4.99. The lowest BCUT2D eigenvalue weighted by Crippen LogP contribution is -2.51. The van der Waals surface area contributed by atoms with Gasteiger partial charge in [0.1, 0.15) is 6.04 Å². The van der Waals surface area contributed by atoms with Gasteiger partial charge in [0.2, 0.25) is 17.7 Å². The Morgan fingerprint density at radius 3 is 2.22 bits per heavy atom. The quantitative estimate of drug-likeness (QED) is 0.636. The first kappa shape index (κ1) is 14.9.